The van der Waals surface area contributed by atoms with Crippen molar-refractivity contribution in [1.82, 2.24) is 4.98 Å². The molecular formula is C33H42FNO4. The predicted molar refractivity (Wildman–Crippen MR) is 153 cm³/mol. The normalized spacial score (nSPS) is 21.6. The lowest BCUT2D eigenvalue weighted by atomic mass is 9.75. The summed E-state index contributed by atoms with van der Waals surface area (Å²) < 4.78 is 20.3. The van der Waals surface area contributed by atoms with E-state index >= 15 is 4.39 Å². The molecule has 6 heteroatoms. The monoisotopic (exact) mass is 535 g/mol. The molecule has 1 aromatic heterocycles. The Labute approximate surface area is 231 Å². The number of pyridine rings is 1. The second-order valence-corrected chi connectivity index (χ2v) is 11.5. The number of nitrogens with zero attached hydrogens (tertiary/aromatic N) is 1. The molecule has 1 aliphatic heterocycles. The molecule has 2 aliphatic rings. The molecule has 0 amide bonds. The number of benzene rings is 1. The molecule has 2 atom stereocenters. The number of carbonyl (C=O) groups is 2. The average molecular weight is 536 g/mol. The third kappa shape index (κ3) is 4.97. The molecule has 1 aliphatic carbocycles. The fourth-order valence-electron chi connectivity index (χ4n) is 6.36. The third-order valence-electron chi connectivity index (χ3n) is 8.68. The summed E-state index contributed by atoms with van der Waals surface area (Å²) in [6, 6.07) is 1.55. The number of allylic oxidation sites excluding steroid dienone is 1. The maximum absolute atomic E-state index is 15.1. The average Bonchev–Trinajstić information content (AvgIpc) is 2.92. The minimum absolute atomic E-state index is 0.0732. The van der Waals surface area contributed by atoms with Crippen LogP contribution in [-0.4, -0.2) is 34.1 Å². The molecule has 2 aromatic rings. The van der Waals surface area contributed by atoms with Crippen molar-refractivity contribution in [1.29, 1.82) is 0 Å². The lowest BCUT2D eigenvalue weighted by Crippen LogP contribution is -2.46. The highest BCUT2D eigenvalue weighted by molar-refractivity contribution is 6.02. The first kappa shape index (κ1) is 29.1. The van der Waals surface area contributed by atoms with Crippen LogP contribution in [0.3, 0.4) is 0 Å². The summed E-state index contributed by atoms with van der Waals surface area (Å²) in [6.07, 6.45) is 7.69. The lowest BCUT2D eigenvalue weighted by molar-refractivity contribution is -0.163. The molecular weight excluding hydrogens is 493 g/mol. The van der Waals surface area contributed by atoms with Crippen molar-refractivity contribution in [2.45, 2.75) is 105 Å². The first-order chi connectivity index (χ1) is 18.5. The molecule has 210 valence electrons. The second kappa shape index (κ2) is 11.3. The van der Waals surface area contributed by atoms with Gasteiger partial charge in [-0.1, -0.05) is 47.5 Å². The van der Waals surface area contributed by atoms with Crippen molar-refractivity contribution in [3.63, 3.8) is 0 Å². The van der Waals surface area contributed by atoms with E-state index in [9.17, 15) is 14.7 Å². The van der Waals surface area contributed by atoms with Crippen LogP contribution in [-0.2, 0) is 27.2 Å². The molecule has 39 heavy (non-hydrogen) atoms. The smallest absolute Gasteiger partial charge is 0.343 e. The standard InChI is InChI=1S/C33H42FNO4/c1-8-11-12-21-13-14-23-20(7)26(34)16-27-29(23)28(21)22(9-2)30(35-27)19(6)15-25-24(31(36)18(4)5)17-39-32(37)33(25,38)10-3/h15-16,18,21,38H,8-14,17H2,1-7H3/b19-15+. The van der Waals surface area contributed by atoms with Gasteiger partial charge in [-0.15, -0.1) is 0 Å². The van der Waals surface area contributed by atoms with Gasteiger partial charge in [0, 0.05) is 28.5 Å². The summed E-state index contributed by atoms with van der Waals surface area (Å²) in [4.78, 5) is 30.9. The summed E-state index contributed by atoms with van der Waals surface area (Å²) in [5.41, 5.74) is 4.96. The largest absolute Gasteiger partial charge is 0.458 e. The Morgan fingerprint density at radius 1 is 1.31 bits per heavy atom. The molecule has 4 rings (SSSR count). The van der Waals surface area contributed by atoms with Crippen molar-refractivity contribution >= 4 is 28.2 Å². The van der Waals surface area contributed by atoms with E-state index in [-0.39, 0.29) is 36.1 Å². The number of ketones is 1. The number of cyclic esters (lactones) is 1. The van der Waals surface area contributed by atoms with E-state index in [1.54, 1.807) is 32.9 Å². The number of rotatable bonds is 9. The summed E-state index contributed by atoms with van der Waals surface area (Å²) in [7, 11) is 0. The Hall–Kier alpha value is -2.86. The molecule has 0 saturated heterocycles. The molecule has 0 spiro atoms. The summed E-state index contributed by atoms with van der Waals surface area (Å²) in [6.45, 7) is 13.2. The van der Waals surface area contributed by atoms with E-state index in [1.807, 2.05) is 13.8 Å². The lowest BCUT2D eigenvalue weighted by Gasteiger charge is -2.33. The number of aliphatic hydroxyl groups is 1. The van der Waals surface area contributed by atoms with Crippen LogP contribution in [0.5, 0.6) is 0 Å². The van der Waals surface area contributed by atoms with Gasteiger partial charge in [0.2, 0.25) is 0 Å². The number of unbranched alkanes of at least 4 members (excludes halogenated alkanes) is 1. The Morgan fingerprint density at radius 3 is 2.64 bits per heavy atom. The van der Waals surface area contributed by atoms with Crippen LogP contribution < -0.4 is 0 Å². The Morgan fingerprint density at radius 2 is 2.03 bits per heavy atom. The molecule has 0 fully saturated rings. The zero-order chi connectivity index (χ0) is 28.6. The van der Waals surface area contributed by atoms with Gasteiger partial charge < -0.3 is 9.84 Å². The number of ether oxygens (including phenoxy) is 1. The van der Waals surface area contributed by atoms with Crippen molar-refractivity contribution in [2.24, 2.45) is 5.92 Å². The van der Waals surface area contributed by atoms with Gasteiger partial charge in [0.05, 0.1) is 11.2 Å². The zero-order valence-corrected chi connectivity index (χ0v) is 24.5. The minimum atomic E-state index is -1.92. The Bertz CT molecular complexity index is 1390. The van der Waals surface area contributed by atoms with Crippen LogP contribution in [0.4, 0.5) is 4.39 Å². The number of hydrogen-bond donors (Lipinski definition) is 1. The van der Waals surface area contributed by atoms with Gasteiger partial charge in [-0.2, -0.15) is 0 Å². The van der Waals surface area contributed by atoms with E-state index in [0.29, 0.717) is 22.6 Å². The summed E-state index contributed by atoms with van der Waals surface area (Å²) >= 11 is 0. The maximum Gasteiger partial charge on any atom is 0.343 e. The second-order valence-electron chi connectivity index (χ2n) is 11.5. The van der Waals surface area contributed by atoms with Gasteiger partial charge in [0.25, 0.3) is 0 Å². The first-order valence-electron chi connectivity index (χ1n) is 14.5. The van der Waals surface area contributed by atoms with E-state index in [0.717, 1.165) is 66.3 Å². The number of halogens is 1. The highest BCUT2D eigenvalue weighted by Gasteiger charge is 2.45. The molecule has 0 radical (unpaired) electrons. The van der Waals surface area contributed by atoms with Gasteiger partial charge in [0.1, 0.15) is 12.4 Å². The summed E-state index contributed by atoms with van der Waals surface area (Å²) in [5.74, 6) is -1.11. The van der Waals surface area contributed by atoms with Crippen LogP contribution in [0, 0.1) is 18.7 Å². The van der Waals surface area contributed by atoms with Crippen molar-refractivity contribution < 1.29 is 23.8 Å². The van der Waals surface area contributed by atoms with Crippen molar-refractivity contribution in [3.8, 4) is 0 Å². The maximum atomic E-state index is 15.1. The van der Waals surface area contributed by atoms with Gasteiger partial charge >= 0.3 is 5.97 Å². The number of hydrogen-bond acceptors (Lipinski definition) is 5. The first-order valence-corrected chi connectivity index (χ1v) is 14.5. The molecule has 5 nitrogen and oxygen atoms in total. The summed E-state index contributed by atoms with van der Waals surface area (Å²) in [5, 5.41) is 12.5. The van der Waals surface area contributed by atoms with Crippen LogP contribution in [0.1, 0.15) is 108 Å². The van der Waals surface area contributed by atoms with E-state index in [1.165, 1.54) is 5.56 Å². The minimum Gasteiger partial charge on any atom is -0.458 e. The molecule has 1 N–H and O–H groups in total. The Kier molecular flexibility index (Phi) is 8.46. The number of aryl methyl sites for hydroxylation is 1. The van der Waals surface area contributed by atoms with Gasteiger partial charge in [-0.3, -0.25) is 4.79 Å². The van der Waals surface area contributed by atoms with Crippen LogP contribution in [0.15, 0.2) is 23.3 Å². The van der Waals surface area contributed by atoms with Crippen LogP contribution >= 0.6 is 0 Å². The highest BCUT2D eigenvalue weighted by Crippen LogP contribution is 2.45. The molecule has 2 heterocycles. The predicted octanol–water partition coefficient (Wildman–Crippen LogP) is 7.09. The molecule has 0 bridgehead atoms. The topological polar surface area (TPSA) is 76.5 Å². The van der Waals surface area contributed by atoms with E-state index < -0.39 is 11.6 Å². The Balaban J connectivity index is 2.03. The van der Waals surface area contributed by atoms with E-state index in [2.05, 4.69) is 13.8 Å². The fourth-order valence-corrected chi connectivity index (χ4v) is 6.36. The fraction of sp³-hybridized carbons (Fsp3) is 0.545. The van der Waals surface area contributed by atoms with Crippen molar-refractivity contribution in [3.05, 3.63) is 57.1 Å². The zero-order valence-electron chi connectivity index (χ0n) is 24.5. The number of esters is 1. The highest BCUT2D eigenvalue weighted by atomic mass is 19.1. The van der Waals surface area contributed by atoms with Gasteiger partial charge in [-0.05, 0) is 85.8 Å². The third-order valence-corrected chi connectivity index (χ3v) is 8.68. The van der Waals surface area contributed by atoms with Crippen LogP contribution in [0.25, 0.3) is 16.5 Å². The number of aromatic nitrogens is 1. The van der Waals surface area contributed by atoms with Crippen molar-refractivity contribution in [2.75, 3.05) is 6.61 Å². The molecule has 1 aromatic carbocycles. The van der Waals surface area contributed by atoms with Gasteiger partial charge in [0.15, 0.2) is 11.4 Å². The quantitative estimate of drug-likeness (QED) is 0.347. The number of carbonyl (C=O) groups excluding carboxylic acids is 2. The molecule has 0 saturated carbocycles. The number of Topliss-reactive ketones (excluding diaryl/α,β-unsaturated/α-hetero) is 1. The molecule has 2 unspecified atom stereocenters. The van der Waals surface area contributed by atoms with E-state index in [4.69, 9.17) is 9.72 Å². The van der Waals surface area contributed by atoms with Gasteiger partial charge in [-0.25, -0.2) is 14.2 Å². The SMILES string of the molecule is CCCCC1CCc2c(C)c(F)cc3nc(/C(C)=C/C4=C(C(=O)C(C)C)COC(=O)C4(O)CC)c(CC)c1c23. The van der Waals surface area contributed by atoms with Crippen LogP contribution in [0.2, 0.25) is 0 Å².